The fraction of sp³-hybridized carbons (Fsp3) is 0.579. The van der Waals surface area contributed by atoms with E-state index in [1.54, 1.807) is 12.1 Å². The predicted octanol–water partition coefficient (Wildman–Crippen LogP) is 3.92. The van der Waals surface area contributed by atoms with Crippen molar-refractivity contribution >= 4 is 27.9 Å². The molecule has 0 aliphatic carbocycles. The highest BCUT2D eigenvalue weighted by Crippen LogP contribution is 2.33. The summed E-state index contributed by atoms with van der Waals surface area (Å²) in [5, 5.41) is 0. The van der Waals surface area contributed by atoms with E-state index in [-0.39, 0.29) is 13.2 Å². The van der Waals surface area contributed by atoms with Gasteiger partial charge in [0.15, 0.2) is 18.5 Å². The van der Waals surface area contributed by atoms with Gasteiger partial charge in [-0.3, -0.25) is 0 Å². The van der Waals surface area contributed by atoms with E-state index in [4.69, 9.17) is 18.9 Å². The number of esters is 2. The van der Waals surface area contributed by atoms with Crippen molar-refractivity contribution in [2.45, 2.75) is 58.0 Å². The number of hydrogen-bond acceptors (Lipinski definition) is 6. The first-order valence-corrected chi connectivity index (χ1v) is 9.75. The molecule has 0 N–H and O–H groups in total. The van der Waals surface area contributed by atoms with Crippen molar-refractivity contribution < 1.29 is 28.5 Å². The van der Waals surface area contributed by atoms with Gasteiger partial charge in [0.05, 0.1) is 13.2 Å². The lowest BCUT2D eigenvalue weighted by molar-refractivity contribution is -0.163. The van der Waals surface area contributed by atoms with Crippen LogP contribution in [0.1, 0.15) is 51.4 Å². The highest BCUT2D eigenvalue weighted by Gasteiger charge is 2.47. The van der Waals surface area contributed by atoms with Gasteiger partial charge in [0.1, 0.15) is 0 Å². The van der Waals surface area contributed by atoms with Gasteiger partial charge >= 0.3 is 11.9 Å². The second-order valence-electron chi connectivity index (χ2n) is 6.04. The van der Waals surface area contributed by atoms with Crippen molar-refractivity contribution in [2.75, 3.05) is 13.2 Å². The van der Waals surface area contributed by atoms with E-state index in [9.17, 15) is 9.59 Å². The standard InChI is InChI=1S/C19H25BrO6/c1-3-5-11-23-17(21)15-16(18(22)24-12-6-4-2)26-19(25-15)13-7-9-14(20)10-8-13/h7-10,15-16,19H,3-6,11-12H2,1-2H3/t15-,16-/m1/s1. The van der Waals surface area contributed by atoms with Crippen molar-refractivity contribution in [1.29, 1.82) is 0 Å². The molecule has 0 bridgehead atoms. The second-order valence-corrected chi connectivity index (χ2v) is 6.95. The molecule has 7 heteroatoms. The molecule has 1 fully saturated rings. The normalized spacial score (nSPS) is 20.1. The zero-order valence-electron chi connectivity index (χ0n) is 15.1. The van der Waals surface area contributed by atoms with Crippen molar-refractivity contribution in [1.82, 2.24) is 0 Å². The zero-order valence-corrected chi connectivity index (χ0v) is 16.7. The molecule has 1 aromatic carbocycles. The van der Waals surface area contributed by atoms with E-state index < -0.39 is 30.4 Å². The van der Waals surface area contributed by atoms with Crippen LogP contribution in [0.25, 0.3) is 0 Å². The Labute approximate surface area is 162 Å². The minimum absolute atomic E-state index is 0.287. The first-order chi connectivity index (χ1) is 12.6. The summed E-state index contributed by atoms with van der Waals surface area (Å²) in [6.07, 6.45) is 0.223. The van der Waals surface area contributed by atoms with Gasteiger partial charge in [0, 0.05) is 10.0 Å². The molecule has 6 nitrogen and oxygen atoms in total. The summed E-state index contributed by atoms with van der Waals surface area (Å²) in [5.74, 6) is -1.20. The van der Waals surface area contributed by atoms with Gasteiger partial charge in [-0.1, -0.05) is 54.8 Å². The summed E-state index contributed by atoms with van der Waals surface area (Å²) >= 11 is 3.36. The molecule has 0 radical (unpaired) electrons. The van der Waals surface area contributed by atoms with Crippen molar-refractivity contribution in [3.05, 3.63) is 34.3 Å². The Morgan fingerprint density at radius 2 is 1.38 bits per heavy atom. The number of unbranched alkanes of at least 4 members (excludes halogenated alkanes) is 2. The zero-order chi connectivity index (χ0) is 18.9. The molecule has 26 heavy (non-hydrogen) atoms. The number of halogens is 1. The molecule has 2 atom stereocenters. The molecular weight excluding hydrogens is 404 g/mol. The smallest absolute Gasteiger partial charge is 0.338 e. The molecule has 1 aliphatic rings. The lowest BCUT2D eigenvalue weighted by atomic mass is 10.2. The average Bonchev–Trinajstić information content (AvgIpc) is 3.08. The van der Waals surface area contributed by atoms with E-state index in [2.05, 4.69) is 15.9 Å². The largest absolute Gasteiger partial charge is 0.464 e. The van der Waals surface area contributed by atoms with Crippen molar-refractivity contribution in [3.63, 3.8) is 0 Å². The van der Waals surface area contributed by atoms with Crippen LogP contribution < -0.4 is 0 Å². The second kappa shape index (κ2) is 10.6. The van der Waals surface area contributed by atoms with Gasteiger partial charge in [-0.2, -0.15) is 0 Å². The first kappa shape index (κ1) is 20.9. The fourth-order valence-corrected chi connectivity index (χ4v) is 2.64. The lowest BCUT2D eigenvalue weighted by Crippen LogP contribution is -2.39. The Kier molecular flexibility index (Phi) is 8.54. The van der Waals surface area contributed by atoms with E-state index in [1.807, 2.05) is 26.0 Å². The summed E-state index contributed by atoms with van der Waals surface area (Å²) < 4.78 is 22.8. The van der Waals surface area contributed by atoms with Gasteiger partial charge in [0.25, 0.3) is 0 Å². The third kappa shape index (κ3) is 5.79. The molecule has 1 heterocycles. The van der Waals surface area contributed by atoms with Crippen LogP contribution in [-0.4, -0.2) is 37.4 Å². The maximum atomic E-state index is 12.4. The van der Waals surface area contributed by atoms with Crippen molar-refractivity contribution in [2.24, 2.45) is 0 Å². The van der Waals surface area contributed by atoms with Gasteiger partial charge < -0.3 is 18.9 Å². The quantitative estimate of drug-likeness (QED) is 0.438. The van der Waals surface area contributed by atoms with Crippen LogP contribution in [0.2, 0.25) is 0 Å². The topological polar surface area (TPSA) is 71.1 Å². The van der Waals surface area contributed by atoms with Crippen LogP contribution in [0.3, 0.4) is 0 Å². The summed E-state index contributed by atoms with van der Waals surface area (Å²) in [5.41, 5.74) is 0.711. The number of carbonyl (C=O) groups excluding carboxylic acids is 2. The molecule has 0 unspecified atom stereocenters. The molecule has 144 valence electrons. The van der Waals surface area contributed by atoms with Crippen LogP contribution in [-0.2, 0) is 28.5 Å². The highest BCUT2D eigenvalue weighted by molar-refractivity contribution is 9.10. The van der Waals surface area contributed by atoms with Crippen LogP contribution in [0, 0.1) is 0 Å². The SMILES string of the molecule is CCCCOC(=O)[C@@H]1OC(c2ccc(Br)cc2)O[C@H]1C(=O)OCCCC. The lowest BCUT2D eigenvalue weighted by Gasteiger charge is -2.14. The van der Waals surface area contributed by atoms with Gasteiger partial charge in [-0.15, -0.1) is 0 Å². The van der Waals surface area contributed by atoms with E-state index >= 15 is 0 Å². The van der Waals surface area contributed by atoms with Gasteiger partial charge in [0.2, 0.25) is 0 Å². The van der Waals surface area contributed by atoms with Gasteiger partial charge in [-0.05, 0) is 25.0 Å². The third-order valence-corrected chi connectivity index (χ3v) is 4.44. The average molecular weight is 429 g/mol. The van der Waals surface area contributed by atoms with Crippen LogP contribution in [0.5, 0.6) is 0 Å². The number of hydrogen-bond donors (Lipinski definition) is 0. The monoisotopic (exact) mass is 428 g/mol. The molecule has 1 aromatic rings. The minimum Gasteiger partial charge on any atom is -0.464 e. The Morgan fingerprint density at radius 3 is 1.81 bits per heavy atom. The van der Waals surface area contributed by atoms with Crippen molar-refractivity contribution in [3.8, 4) is 0 Å². The fourth-order valence-electron chi connectivity index (χ4n) is 2.37. The van der Waals surface area contributed by atoms with Crippen LogP contribution in [0.15, 0.2) is 28.7 Å². The van der Waals surface area contributed by atoms with E-state index in [0.29, 0.717) is 5.56 Å². The molecule has 0 spiro atoms. The molecule has 1 aliphatic heterocycles. The Balaban J connectivity index is 2.08. The third-order valence-electron chi connectivity index (χ3n) is 3.91. The summed E-state index contributed by atoms with van der Waals surface area (Å²) in [4.78, 5) is 24.7. The number of carbonyl (C=O) groups is 2. The Bertz CT molecular complexity index is 558. The van der Waals surface area contributed by atoms with Crippen LogP contribution in [0.4, 0.5) is 0 Å². The van der Waals surface area contributed by atoms with Crippen LogP contribution >= 0.6 is 15.9 Å². The number of ether oxygens (including phenoxy) is 4. The molecule has 0 aromatic heterocycles. The molecule has 2 rings (SSSR count). The Morgan fingerprint density at radius 1 is 0.923 bits per heavy atom. The maximum Gasteiger partial charge on any atom is 0.338 e. The molecule has 1 saturated heterocycles. The Hall–Kier alpha value is -1.44. The number of rotatable bonds is 9. The van der Waals surface area contributed by atoms with E-state index in [0.717, 1.165) is 30.2 Å². The van der Waals surface area contributed by atoms with Gasteiger partial charge in [-0.25, -0.2) is 9.59 Å². The molecule has 0 saturated carbocycles. The summed E-state index contributed by atoms with van der Waals surface area (Å²) in [6, 6.07) is 7.28. The summed E-state index contributed by atoms with van der Waals surface area (Å²) in [6.45, 7) is 4.58. The number of benzene rings is 1. The van der Waals surface area contributed by atoms with E-state index in [1.165, 1.54) is 0 Å². The molecule has 0 amide bonds. The predicted molar refractivity (Wildman–Crippen MR) is 98.4 cm³/mol. The first-order valence-electron chi connectivity index (χ1n) is 8.96. The minimum atomic E-state index is -1.13. The maximum absolute atomic E-state index is 12.4. The highest BCUT2D eigenvalue weighted by atomic mass is 79.9. The molecular formula is C19H25BrO6. The summed E-state index contributed by atoms with van der Waals surface area (Å²) in [7, 11) is 0.